The van der Waals surface area contributed by atoms with Gasteiger partial charge in [-0.05, 0) is 47.5 Å². The van der Waals surface area contributed by atoms with E-state index in [0.717, 1.165) is 35.4 Å². The molecule has 1 amide bonds. The van der Waals surface area contributed by atoms with Crippen molar-refractivity contribution in [2.24, 2.45) is 0 Å². The van der Waals surface area contributed by atoms with Crippen LogP contribution in [0.3, 0.4) is 0 Å². The van der Waals surface area contributed by atoms with E-state index in [4.69, 9.17) is 4.42 Å². The summed E-state index contributed by atoms with van der Waals surface area (Å²) in [6, 6.07) is 22.0. The van der Waals surface area contributed by atoms with E-state index < -0.39 is 0 Å². The summed E-state index contributed by atoms with van der Waals surface area (Å²) < 4.78 is 5.92. The molecule has 0 saturated carbocycles. The van der Waals surface area contributed by atoms with Gasteiger partial charge < -0.3 is 9.32 Å². The number of aromatic nitrogens is 2. The van der Waals surface area contributed by atoms with E-state index in [9.17, 15) is 4.79 Å². The van der Waals surface area contributed by atoms with Crippen LogP contribution < -0.4 is 0 Å². The first-order valence-electron chi connectivity index (χ1n) is 10.1. The van der Waals surface area contributed by atoms with E-state index in [0.29, 0.717) is 23.9 Å². The Kier molecular flexibility index (Phi) is 5.15. The highest BCUT2D eigenvalue weighted by atomic mass is 32.1. The van der Waals surface area contributed by atoms with Crippen molar-refractivity contribution in [3.8, 4) is 21.9 Å². The number of hydrogen-bond donors (Lipinski definition) is 0. The second-order valence-electron chi connectivity index (χ2n) is 7.46. The van der Waals surface area contributed by atoms with Crippen LogP contribution in [0.25, 0.3) is 21.9 Å². The largest absolute Gasteiger partial charge is 0.420 e. The summed E-state index contributed by atoms with van der Waals surface area (Å²) in [5, 5.41) is 10.4. The van der Waals surface area contributed by atoms with Crippen molar-refractivity contribution in [3.63, 3.8) is 0 Å². The van der Waals surface area contributed by atoms with Crippen molar-refractivity contribution in [1.29, 1.82) is 0 Å². The van der Waals surface area contributed by atoms with Crippen LogP contribution in [0.15, 0.2) is 76.5 Å². The highest BCUT2D eigenvalue weighted by Gasteiger charge is 2.29. The van der Waals surface area contributed by atoms with Gasteiger partial charge in [-0.1, -0.05) is 48.5 Å². The first-order chi connectivity index (χ1) is 14.8. The number of carbonyl (C=O) groups is 1. The van der Waals surface area contributed by atoms with Gasteiger partial charge >= 0.3 is 0 Å². The molecule has 6 heteroatoms. The van der Waals surface area contributed by atoms with Gasteiger partial charge in [0.1, 0.15) is 0 Å². The van der Waals surface area contributed by atoms with Crippen LogP contribution >= 0.6 is 11.3 Å². The molecule has 30 heavy (non-hydrogen) atoms. The maximum Gasteiger partial charge on any atom is 0.257 e. The Morgan fingerprint density at radius 3 is 2.53 bits per heavy atom. The van der Waals surface area contributed by atoms with Gasteiger partial charge in [0.2, 0.25) is 5.89 Å². The summed E-state index contributed by atoms with van der Waals surface area (Å²) in [7, 11) is 0. The molecule has 1 fully saturated rings. The van der Waals surface area contributed by atoms with Gasteiger partial charge in [-0.15, -0.1) is 21.5 Å². The Balaban J connectivity index is 1.29. The number of hydrogen-bond acceptors (Lipinski definition) is 5. The molecule has 0 spiro atoms. The zero-order valence-corrected chi connectivity index (χ0v) is 17.2. The smallest absolute Gasteiger partial charge is 0.257 e. The highest BCUT2D eigenvalue weighted by Crippen LogP contribution is 2.30. The van der Waals surface area contributed by atoms with E-state index in [-0.39, 0.29) is 11.8 Å². The molecular weight excluding hydrogens is 394 g/mol. The molecule has 2 aromatic carbocycles. The lowest BCUT2D eigenvalue weighted by atomic mass is 9.97. The minimum Gasteiger partial charge on any atom is -0.420 e. The van der Waals surface area contributed by atoms with Crippen LogP contribution in [0.2, 0.25) is 0 Å². The average molecular weight is 416 g/mol. The predicted octanol–water partition coefficient (Wildman–Crippen LogP) is 5.48. The van der Waals surface area contributed by atoms with Gasteiger partial charge in [0.15, 0.2) is 0 Å². The lowest BCUT2D eigenvalue weighted by Crippen LogP contribution is -2.39. The molecule has 1 saturated heterocycles. The van der Waals surface area contributed by atoms with Gasteiger partial charge in [0, 0.05) is 18.7 Å². The summed E-state index contributed by atoms with van der Waals surface area (Å²) in [4.78, 5) is 15.9. The highest BCUT2D eigenvalue weighted by molar-refractivity contribution is 7.13. The molecule has 2 aromatic heterocycles. The van der Waals surface area contributed by atoms with Crippen LogP contribution in [0, 0.1) is 0 Å². The summed E-state index contributed by atoms with van der Waals surface area (Å²) in [6.45, 7) is 1.35. The number of likely N-dealkylation sites (tertiary alicyclic amines) is 1. The first kappa shape index (κ1) is 18.8. The average Bonchev–Trinajstić information content (AvgIpc) is 3.52. The maximum atomic E-state index is 13.1. The van der Waals surface area contributed by atoms with E-state index in [1.165, 1.54) is 0 Å². The molecule has 5 nitrogen and oxygen atoms in total. The Bertz CT molecular complexity index is 1120. The van der Waals surface area contributed by atoms with E-state index in [2.05, 4.69) is 22.3 Å². The molecule has 0 N–H and O–H groups in total. The number of nitrogens with zero attached hydrogens (tertiary/aromatic N) is 3. The van der Waals surface area contributed by atoms with Crippen LogP contribution in [0.1, 0.15) is 35.0 Å². The zero-order chi connectivity index (χ0) is 20.3. The lowest BCUT2D eigenvalue weighted by molar-refractivity contribution is 0.0698. The number of thiophene rings is 1. The van der Waals surface area contributed by atoms with E-state index in [1.807, 2.05) is 64.9 Å². The van der Waals surface area contributed by atoms with Crippen LogP contribution in [0.4, 0.5) is 0 Å². The number of rotatable bonds is 4. The maximum absolute atomic E-state index is 13.1. The third-order valence-corrected chi connectivity index (χ3v) is 6.33. The molecule has 1 atom stereocenters. The SMILES string of the molecule is O=C(c1ccc(-c2ccccc2)cc1)N1CCCC(c2nnc(-c3cccs3)o2)C1. The van der Waals surface area contributed by atoms with Gasteiger partial charge in [0.25, 0.3) is 11.8 Å². The second-order valence-corrected chi connectivity index (χ2v) is 8.40. The Hall–Kier alpha value is -3.25. The van der Waals surface area contributed by atoms with Crippen molar-refractivity contribution < 1.29 is 9.21 Å². The van der Waals surface area contributed by atoms with Crippen molar-refractivity contribution in [1.82, 2.24) is 15.1 Å². The topological polar surface area (TPSA) is 59.2 Å². The Morgan fingerprint density at radius 1 is 0.967 bits per heavy atom. The van der Waals surface area contributed by atoms with Crippen molar-refractivity contribution in [2.45, 2.75) is 18.8 Å². The quantitative estimate of drug-likeness (QED) is 0.442. The van der Waals surface area contributed by atoms with Crippen LogP contribution in [-0.2, 0) is 0 Å². The first-order valence-corrected chi connectivity index (χ1v) is 11.0. The number of carbonyl (C=O) groups excluding carboxylic acids is 1. The fourth-order valence-corrected chi connectivity index (χ4v) is 4.53. The predicted molar refractivity (Wildman–Crippen MR) is 117 cm³/mol. The van der Waals surface area contributed by atoms with Crippen LogP contribution in [0.5, 0.6) is 0 Å². The molecule has 0 bridgehead atoms. The van der Waals surface area contributed by atoms with Crippen molar-refractivity contribution >= 4 is 17.2 Å². The number of amides is 1. The fraction of sp³-hybridized carbons (Fsp3) is 0.208. The second kappa shape index (κ2) is 8.24. The Labute approximate surface area is 179 Å². The lowest BCUT2D eigenvalue weighted by Gasteiger charge is -2.31. The number of piperidine rings is 1. The minimum absolute atomic E-state index is 0.0531. The summed E-state index contributed by atoms with van der Waals surface area (Å²) in [5.74, 6) is 1.31. The molecule has 5 rings (SSSR count). The summed E-state index contributed by atoms with van der Waals surface area (Å²) in [5.41, 5.74) is 2.96. The molecule has 0 aliphatic carbocycles. The summed E-state index contributed by atoms with van der Waals surface area (Å²) >= 11 is 1.58. The molecule has 1 aliphatic heterocycles. The third kappa shape index (κ3) is 3.78. The van der Waals surface area contributed by atoms with E-state index in [1.54, 1.807) is 11.3 Å². The van der Waals surface area contributed by atoms with Crippen molar-refractivity contribution in [2.75, 3.05) is 13.1 Å². The fourth-order valence-electron chi connectivity index (χ4n) is 3.88. The summed E-state index contributed by atoms with van der Waals surface area (Å²) in [6.07, 6.45) is 1.87. The monoisotopic (exact) mass is 415 g/mol. The van der Waals surface area contributed by atoms with Gasteiger partial charge in [-0.25, -0.2) is 0 Å². The third-order valence-electron chi connectivity index (χ3n) is 5.47. The number of benzene rings is 2. The van der Waals surface area contributed by atoms with Gasteiger partial charge in [0.05, 0.1) is 10.8 Å². The minimum atomic E-state index is 0.0531. The normalized spacial score (nSPS) is 16.5. The Morgan fingerprint density at radius 2 is 1.77 bits per heavy atom. The van der Waals surface area contributed by atoms with Gasteiger partial charge in [-0.3, -0.25) is 4.79 Å². The van der Waals surface area contributed by atoms with Gasteiger partial charge in [-0.2, -0.15) is 0 Å². The molecule has 1 aliphatic rings. The van der Waals surface area contributed by atoms with Crippen molar-refractivity contribution in [3.05, 3.63) is 83.6 Å². The zero-order valence-electron chi connectivity index (χ0n) is 16.4. The molecule has 0 radical (unpaired) electrons. The molecule has 150 valence electrons. The molecule has 1 unspecified atom stereocenters. The molecule has 4 aromatic rings. The molecule has 3 heterocycles. The van der Waals surface area contributed by atoms with E-state index >= 15 is 0 Å². The standard InChI is InChI=1S/C24H21N3O2S/c28-24(19-12-10-18(11-13-19)17-6-2-1-3-7-17)27-14-4-8-20(16-27)22-25-26-23(29-22)21-9-5-15-30-21/h1-3,5-7,9-13,15,20H,4,8,14,16H2. The molecular formula is C24H21N3O2S. The van der Waals surface area contributed by atoms with Crippen LogP contribution in [-0.4, -0.2) is 34.1 Å².